The molecule has 0 aliphatic carbocycles. The van der Waals surface area contributed by atoms with Gasteiger partial charge in [-0.2, -0.15) is 0 Å². The van der Waals surface area contributed by atoms with E-state index >= 15 is 0 Å². The van der Waals surface area contributed by atoms with E-state index in [1.165, 1.54) is 32.2 Å². The summed E-state index contributed by atoms with van der Waals surface area (Å²) >= 11 is 0. The normalized spacial score (nSPS) is 17.3. The summed E-state index contributed by atoms with van der Waals surface area (Å²) in [7, 11) is 6.65. The number of rotatable bonds is 9. The molecule has 0 amide bonds. The molecule has 1 aliphatic rings. The summed E-state index contributed by atoms with van der Waals surface area (Å²) in [5.41, 5.74) is 1.03. The molecule has 0 radical (unpaired) electrons. The molecule has 0 bridgehead atoms. The number of nitrogens with zero attached hydrogens (tertiary/aromatic N) is 2. The van der Waals surface area contributed by atoms with Crippen LogP contribution in [0.15, 0.2) is 17.1 Å². The maximum Gasteiger partial charge on any atom is 0.203 e. The van der Waals surface area contributed by atoms with Gasteiger partial charge in [-0.15, -0.1) is 24.0 Å². The molecular weight excluding hydrogens is 483 g/mol. The third-order valence-electron chi connectivity index (χ3n) is 5.32. The van der Waals surface area contributed by atoms with Crippen molar-refractivity contribution in [1.82, 2.24) is 15.5 Å². The van der Waals surface area contributed by atoms with Crippen LogP contribution in [0.5, 0.6) is 17.2 Å². The zero-order valence-electron chi connectivity index (χ0n) is 18.4. The van der Waals surface area contributed by atoms with Crippen LogP contribution in [0.25, 0.3) is 0 Å². The van der Waals surface area contributed by atoms with Crippen LogP contribution in [0.4, 0.5) is 0 Å². The molecule has 1 fully saturated rings. The van der Waals surface area contributed by atoms with E-state index in [-0.39, 0.29) is 24.0 Å². The number of guanidine groups is 1. The lowest BCUT2D eigenvalue weighted by molar-refractivity contribution is 0.147. The average molecular weight is 520 g/mol. The van der Waals surface area contributed by atoms with E-state index in [1.54, 1.807) is 28.4 Å². The van der Waals surface area contributed by atoms with Gasteiger partial charge in [0, 0.05) is 32.7 Å². The Kier molecular flexibility index (Phi) is 12.1. The monoisotopic (exact) mass is 520 g/mol. The number of piperidine rings is 1. The van der Waals surface area contributed by atoms with E-state index in [2.05, 4.69) is 27.4 Å². The quantitative estimate of drug-likeness (QED) is 0.296. The third-order valence-corrected chi connectivity index (χ3v) is 5.32. The number of ether oxygens (including phenoxy) is 3. The van der Waals surface area contributed by atoms with Crippen LogP contribution in [0.2, 0.25) is 0 Å². The Morgan fingerprint density at radius 2 is 1.79 bits per heavy atom. The predicted octanol–water partition coefficient (Wildman–Crippen LogP) is 3.26. The summed E-state index contributed by atoms with van der Waals surface area (Å²) in [6.45, 7) is 6.03. The molecule has 1 aromatic rings. The molecule has 2 N–H and O–H groups in total. The van der Waals surface area contributed by atoms with Gasteiger partial charge in [-0.3, -0.25) is 9.89 Å². The minimum absolute atomic E-state index is 0. The fourth-order valence-corrected chi connectivity index (χ4v) is 3.78. The van der Waals surface area contributed by atoms with Crippen molar-refractivity contribution in [1.29, 1.82) is 0 Å². The molecule has 0 spiro atoms. The number of aliphatic imine (C=N–C) groups is 1. The van der Waals surface area contributed by atoms with Crippen LogP contribution in [-0.2, 0) is 6.54 Å². The van der Waals surface area contributed by atoms with Gasteiger partial charge in [-0.05, 0) is 43.5 Å². The van der Waals surface area contributed by atoms with Crippen molar-refractivity contribution in [3.05, 3.63) is 17.7 Å². The second-order valence-corrected chi connectivity index (χ2v) is 6.98. The zero-order valence-corrected chi connectivity index (χ0v) is 20.7. The summed E-state index contributed by atoms with van der Waals surface area (Å²) in [6, 6.07) is 4.62. The van der Waals surface area contributed by atoms with Gasteiger partial charge >= 0.3 is 0 Å². The van der Waals surface area contributed by atoms with Crippen LogP contribution < -0.4 is 24.8 Å². The maximum absolute atomic E-state index is 5.42. The van der Waals surface area contributed by atoms with Crippen molar-refractivity contribution in [2.75, 3.05) is 48.0 Å². The molecule has 2 rings (SSSR count). The Hall–Kier alpha value is -1.42. The predicted molar refractivity (Wildman–Crippen MR) is 129 cm³/mol. The zero-order chi connectivity index (χ0) is 20.4. The summed E-state index contributed by atoms with van der Waals surface area (Å²) in [5, 5.41) is 6.78. The molecule has 1 atom stereocenters. The first-order valence-electron chi connectivity index (χ1n) is 10.1. The average Bonchev–Trinajstić information content (AvgIpc) is 2.75. The molecule has 1 saturated heterocycles. The summed E-state index contributed by atoms with van der Waals surface area (Å²) < 4.78 is 16.2. The van der Waals surface area contributed by atoms with Crippen molar-refractivity contribution in [3.8, 4) is 17.2 Å². The highest BCUT2D eigenvalue weighted by molar-refractivity contribution is 14.0. The number of nitrogens with one attached hydrogen (secondary N) is 2. The minimum Gasteiger partial charge on any atom is -0.493 e. The standard InChI is InChI=1S/C21H36N4O3.HI/c1-6-17-9-7-8-11-25(17)12-10-23-21(22-2)24-15-16-13-18(26-3)20(28-5)19(14-16)27-4;/h13-14,17H,6-12,15H2,1-5H3,(H2,22,23,24);1H. The smallest absolute Gasteiger partial charge is 0.203 e. The lowest BCUT2D eigenvalue weighted by Crippen LogP contribution is -2.45. The minimum atomic E-state index is 0. The van der Waals surface area contributed by atoms with Gasteiger partial charge in [0.15, 0.2) is 17.5 Å². The molecule has 7 nitrogen and oxygen atoms in total. The van der Waals surface area contributed by atoms with Crippen LogP contribution in [0.1, 0.15) is 38.2 Å². The van der Waals surface area contributed by atoms with Crippen molar-refractivity contribution in [2.45, 2.75) is 45.2 Å². The van der Waals surface area contributed by atoms with Crippen LogP contribution in [0.3, 0.4) is 0 Å². The van der Waals surface area contributed by atoms with Crippen LogP contribution in [-0.4, -0.2) is 64.9 Å². The van der Waals surface area contributed by atoms with Crippen LogP contribution in [0, 0.1) is 0 Å². The Morgan fingerprint density at radius 1 is 1.10 bits per heavy atom. The summed E-state index contributed by atoms with van der Waals surface area (Å²) in [4.78, 5) is 6.93. The number of halogens is 1. The van der Waals surface area contributed by atoms with Gasteiger partial charge in [0.2, 0.25) is 5.75 Å². The van der Waals surface area contributed by atoms with Gasteiger partial charge in [-0.25, -0.2) is 0 Å². The molecule has 166 valence electrons. The number of benzene rings is 1. The topological polar surface area (TPSA) is 67.4 Å². The van der Waals surface area contributed by atoms with Gasteiger partial charge in [-0.1, -0.05) is 13.3 Å². The first kappa shape index (κ1) is 25.6. The second-order valence-electron chi connectivity index (χ2n) is 6.98. The van der Waals surface area contributed by atoms with Crippen molar-refractivity contribution < 1.29 is 14.2 Å². The molecule has 0 aromatic heterocycles. The fraction of sp³-hybridized carbons (Fsp3) is 0.667. The van der Waals surface area contributed by atoms with Crippen molar-refractivity contribution in [2.24, 2.45) is 4.99 Å². The SMILES string of the molecule is CCC1CCCCN1CCNC(=NC)NCc1cc(OC)c(OC)c(OC)c1.I. The Labute approximate surface area is 192 Å². The fourth-order valence-electron chi connectivity index (χ4n) is 3.78. The molecule has 1 aliphatic heterocycles. The highest BCUT2D eigenvalue weighted by Crippen LogP contribution is 2.38. The van der Waals surface area contributed by atoms with Gasteiger partial charge < -0.3 is 24.8 Å². The highest BCUT2D eigenvalue weighted by atomic mass is 127. The van der Waals surface area contributed by atoms with E-state index in [0.29, 0.717) is 23.8 Å². The van der Waals surface area contributed by atoms with Gasteiger partial charge in [0.05, 0.1) is 21.3 Å². The van der Waals surface area contributed by atoms with E-state index in [0.717, 1.165) is 30.7 Å². The summed E-state index contributed by atoms with van der Waals surface area (Å²) in [5.74, 6) is 2.69. The number of hydrogen-bond donors (Lipinski definition) is 2. The Morgan fingerprint density at radius 3 is 2.34 bits per heavy atom. The number of likely N-dealkylation sites (tertiary alicyclic amines) is 1. The Balaban J connectivity index is 0.00000420. The largest absolute Gasteiger partial charge is 0.493 e. The molecular formula is C21H37IN4O3. The molecule has 1 aromatic carbocycles. The lowest BCUT2D eigenvalue weighted by atomic mass is 10.0. The lowest BCUT2D eigenvalue weighted by Gasteiger charge is -2.35. The van der Waals surface area contributed by atoms with E-state index in [1.807, 2.05) is 12.1 Å². The van der Waals surface area contributed by atoms with Gasteiger partial charge in [0.25, 0.3) is 0 Å². The first-order valence-corrected chi connectivity index (χ1v) is 10.1. The van der Waals surface area contributed by atoms with Crippen LogP contribution >= 0.6 is 24.0 Å². The van der Waals surface area contributed by atoms with E-state index < -0.39 is 0 Å². The van der Waals surface area contributed by atoms with E-state index in [4.69, 9.17) is 14.2 Å². The number of hydrogen-bond acceptors (Lipinski definition) is 5. The van der Waals surface area contributed by atoms with E-state index in [9.17, 15) is 0 Å². The molecule has 8 heteroatoms. The van der Waals surface area contributed by atoms with Crippen molar-refractivity contribution >= 4 is 29.9 Å². The third kappa shape index (κ3) is 7.40. The second kappa shape index (κ2) is 13.7. The Bertz CT molecular complexity index is 617. The molecule has 1 heterocycles. The molecule has 29 heavy (non-hydrogen) atoms. The molecule has 1 unspecified atom stereocenters. The molecule has 0 saturated carbocycles. The highest BCUT2D eigenvalue weighted by Gasteiger charge is 2.20. The van der Waals surface area contributed by atoms with Crippen molar-refractivity contribution in [3.63, 3.8) is 0 Å². The van der Waals surface area contributed by atoms with Gasteiger partial charge in [0.1, 0.15) is 0 Å². The maximum atomic E-state index is 5.42. The summed E-state index contributed by atoms with van der Waals surface area (Å²) in [6.07, 6.45) is 5.23. The number of methoxy groups -OCH3 is 3. The first-order chi connectivity index (χ1) is 13.7.